The van der Waals surface area contributed by atoms with Gasteiger partial charge in [0.05, 0.1) is 18.4 Å². The first-order valence-electron chi connectivity index (χ1n) is 4.60. The van der Waals surface area contributed by atoms with Crippen molar-refractivity contribution < 1.29 is 4.74 Å². The summed E-state index contributed by atoms with van der Waals surface area (Å²) in [5.41, 5.74) is 1.15. The third-order valence-corrected chi connectivity index (χ3v) is 2.25. The number of aryl methyl sites for hydroxylation is 1. The van der Waals surface area contributed by atoms with Gasteiger partial charge in [0, 0.05) is 31.9 Å². The van der Waals surface area contributed by atoms with Gasteiger partial charge in [-0.15, -0.1) is 0 Å². The fourth-order valence-electron chi connectivity index (χ4n) is 1.60. The summed E-state index contributed by atoms with van der Waals surface area (Å²) in [6, 6.07) is 0. The van der Waals surface area contributed by atoms with Crippen LogP contribution in [0.4, 0.5) is 0 Å². The Kier molecular flexibility index (Phi) is 2.33. The van der Waals surface area contributed by atoms with Crippen molar-refractivity contribution in [3.63, 3.8) is 0 Å². The van der Waals surface area contributed by atoms with E-state index in [0.717, 1.165) is 18.7 Å². The molecule has 2 heterocycles. The lowest BCUT2D eigenvalue weighted by atomic mass is 10.1. The van der Waals surface area contributed by atoms with Crippen molar-refractivity contribution in [2.24, 2.45) is 7.05 Å². The van der Waals surface area contributed by atoms with Crippen LogP contribution in [0.3, 0.4) is 0 Å². The number of aromatic nitrogens is 2. The van der Waals surface area contributed by atoms with E-state index in [2.05, 4.69) is 17.3 Å². The number of hydrogen-bond donors (Lipinski definition) is 1. The highest BCUT2D eigenvalue weighted by Gasteiger charge is 2.20. The highest BCUT2D eigenvalue weighted by atomic mass is 16.5. The molecule has 0 radical (unpaired) electrons. The van der Waals surface area contributed by atoms with Crippen molar-refractivity contribution in [2.45, 2.75) is 19.1 Å². The normalized spacial score (nSPS) is 29.1. The molecule has 2 rings (SSSR count). The largest absolute Gasteiger partial charge is 0.368 e. The fourth-order valence-corrected chi connectivity index (χ4v) is 1.60. The topological polar surface area (TPSA) is 39.1 Å². The minimum Gasteiger partial charge on any atom is -0.368 e. The predicted molar refractivity (Wildman–Crippen MR) is 49.4 cm³/mol. The summed E-state index contributed by atoms with van der Waals surface area (Å²) in [6.07, 6.45) is 4.32. The van der Waals surface area contributed by atoms with Crippen molar-refractivity contribution in [3.05, 3.63) is 18.0 Å². The molecular weight excluding hydrogens is 166 g/mol. The van der Waals surface area contributed by atoms with E-state index in [1.807, 2.05) is 19.4 Å². The van der Waals surface area contributed by atoms with E-state index in [-0.39, 0.29) is 6.10 Å². The van der Waals surface area contributed by atoms with Crippen LogP contribution in [-0.4, -0.2) is 29.0 Å². The summed E-state index contributed by atoms with van der Waals surface area (Å²) >= 11 is 0. The average Bonchev–Trinajstić information content (AvgIpc) is 2.52. The minimum atomic E-state index is 0.164. The van der Waals surface area contributed by atoms with Gasteiger partial charge in [-0.2, -0.15) is 5.10 Å². The highest BCUT2D eigenvalue weighted by Crippen LogP contribution is 2.19. The summed E-state index contributed by atoms with van der Waals surface area (Å²) in [6.45, 7) is 3.91. The van der Waals surface area contributed by atoms with Crippen molar-refractivity contribution in [1.29, 1.82) is 0 Å². The zero-order valence-corrected chi connectivity index (χ0v) is 8.03. The first-order chi connectivity index (χ1) is 6.25. The molecule has 1 aromatic rings. The molecule has 0 aromatic carbocycles. The second kappa shape index (κ2) is 3.47. The van der Waals surface area contributed by atoms with Crippen LogP contribution in [0, 0.1) is 0 Å². The van der Waals surface area contributed by atoms with Gasteiger partial charge < -0.3 is 10.1 Å². The van der Waals surface area contributed by atoms with Crippen molar-refractivity contribution in [2.75, 3.05) is 13.1 Å². The van der Waals surface area contributed by atoms with E-state index in [4.69, 9.17) is 4.74 Å². The summed E-state index contributed by atoms with van der Waals surface area (Å²) in [5.74, 6) is 0. The molecule has 0 unspecified atom stereocenters. The van der Waals surface area contributed by atoms with E-state index < -0.39 is 0 Å². The first kappa shape index (κ1) is 8.72. The second-order valence-corrected chi connectivity index (χ2v) is 3.54. The Bertz CT molecular complexity index is 284. The van der Waals surface area contributed by atoms with Gasteiger partial charge in [0.1, 0.15) is 0 Å². The van der Waals surface area contributed by atoms with E-state index in [1.165, 1.54) is 0 Å². The van der Waals surface area contributed by atoms with E-state index in [0.29, 0.717) is 6.10 Å². The van der Waals surface area contributed by atoms with Gasteiger partial charge in [-0.1, -0.05) is 0 Å². The average molecular weight is 181 g/mol. The molecular formula is C9H15N3O. The van der Waals surface area contributed by atoms with Crippen LogP contribution in [-0.2, 0) is 11.8 Å². The molecule has 1 fully saturated rings. The number of rotatable bonds is 1. The third kappa shape index (κ3) is 1.89. The molecule has 1 aromatic heterocycles. The van der Waals surface area contributed by atoms with Gasteiger partial charge in [0.25, 0.3) is 0 Å². The van der Waals surface area contributed by atoms with Gasteiger partial charge >= 0.3 is 0 Å². The second-order valence-electron chi connectivity index (χ2n) is 3.54. The molecule has 4 heteroatoms. The Hall–Kier alpha value is -0.870. The number of ether oxygens (including phenoxy) is 1. The quantitative estimate of drug-likeness (QED) is 0.684. The van der Waals surface area contributed by atoms with Crippen molar-refractivity contribution in [1.82, 2.24) is 15.1 Å². The third-order valence-electron chi connectivity index (χ3n) is 2.25. The Balaban J connectivity index is 2.08. The summed E-state index contributed by atoms with van der Waals surface area (Å²) in [5, 5.41) is 7.46. The Morgan fingerprint density at radius 3 is 3.08 bits per heavy atom. The summed E-state index contributed by atoms with van der Waals surface area (Å²) < 4.78 is 7.57. The number of nitrogens with zero attached hydrogens (tertiary/aromatic N) is 2. The van der Waals surface area contributed by atoms with Crippen LogP contribution in [0.1, 0.15) is 18.6 Å². The van der Waals surface area contributed by atoms with E-state index in [9.17, 15) is 0 Å². The molecule has 0 spiro atoms. The lowest BCUT2D eigenvalue weighted by Crippen LogP contribution is -2.38. The Morgan fingerprint density at radius 1 is 1.62 bits per heavy atom. The summed E-state index contributed by atoms with van der Waals surface area (Å²) in [4.78, 5) is 0. The van der Waals surface area contributed by atoms with Crippen LogP contribution in [0.2, 0.25) is 0 Å². The fraction of sp³-hybridized carbons (Fsp3) is 0.667. The molecule has 2 atom stereocenters. The molecule has 0 bridgehead atoms. The van der Waals surface area contributed by atoms with E-state index >= 15 is 0 Å². The Morgan fingerprint density at radius 2 is 2.46 bits per heavy atom. The molecule has 0 saturated carbocycles. The lowest BCUT2D eigenvalue weighted by molar-refractivity contribution is -0.0287. The van der Waals surface area contributed by atoms with Crippen LogP contribution < -0.4 is 5.32 Å². The maximum Gasteiger partial charge on any atom is 0.0983 e. The monoisotopic (exact) mass is 181 g/mol. The van der Waals surface area contributed by atoms with Crippen molar-refractivity contribution in [3.8, 4) is 0 Å². The minimum absolute atomic E-state index is 0.164. The highest BCUT2D eigenvalue weighted by molar-refractivity contribution is 5.09. The number of nitrogens with one attached hydrogen (secondary N) is 1. The molecule has 1 aliphatic heterocycles. The predicted octanol–water partition coefficient (Wildman–Crippen LogP) is 0.469. The molecule has 13 heavy (non-hydrogen) atoms. The maximum atomic E-state index is 5.77. The zero-order chi connectivity index (χ0) is 9.26. The standard InChI is InChI=1S/C9H15N3O/c1-7-3-10-5-9(13-7)8-4-11-12(2)6-8/h4,6-7,9-10H,3,5H2,1-2H3/t7-,9-/m1/s1. The van der Waals surface area contributed by atoms with E-state index in [1.54, 1.807) is 4.68 Å². The van der Waals surface area contributed by atoms with Gasteiger partial charge in [0.15, 0.2) is 0 Å². The maximum absolute atomic E-state index is 5.77. The SMILES string of the molecule is C[C@@H]1CNC[C@H](c2cnn(C)c2)O1. The molecule has 1 aliphatic rings. The zero-order valence-electron chi connectivity index (χ0n) is 8.03. The lowest BCUT2D eigenvalue weighted by Gasteiger charge is -2.27. The number of hydrogen-bond acceptors (Lipinski definition) is 3. The van der Waals surface area contributed by atoms with Crippen LogP contribution >= 0.6 is 0 Å². The molecule has 72 valence electrons. The molecule has 1 saturated heterocycles. The van der Waals surface area contributed by atoms with Crippen LogP contribution in [0.5, 0.6) is 0 Å². The van der Waals surface area contributed by atoms with Crippen LogP contribution in [0.25, 0.3) is 0 Å². The summed E-state index contributed by atoms with van der Waals surface area (Å²) in [7, 11) is 1.92. The van der Waals surface area contributed by atoms with Crippen molar-refractivity contribution >= 4 is 0 Å². The Labute approximate surface area is 77.9 Å². The smallest absolute Gasteiger partial charge is 0.0983 e. The molecule has 0 amide bonds. The van der Waals surface area contributed by atoms with Gasteiger partial charge in [0.2, 0.25) is 0 Å². The first-order valence-corrected chi connectivity index (χ1v) is 4.60. The van der Waals surface area contributed by atoms with Gasteiger partial charge in [-0.05, 0) is 6.92 Å². The molecule has 4 nitrogen and oxygen atoms in total. The van der Waals surface area contributed by atoms with Gasteiger partial charge in [-0.25, -0.2) is 0 Å². The van der Waals surface area contributed by atoms with Crippen LogP contribution in [0.15, 0.2) is 12.4 Å². The molecule has 0 aliphatic carbocycles. The van der Waals surface area contributed by atoms with Gasteiger partial charge in [-0.3, -0.25) is 4.68 Å². The molecule has 1 N–H and O–H groups in total. The number of morpholine rings is 1.